The highest BCUT2D eigenvalue weighted by molar-refractivity contribution is 7.20. The Kier molecular flexibility index (Phi) is 6.27. The lowest BCUT2D eigenvalue weighted by Crippen LogP contribution is -2.03. The normalized spacial score (nSPS) is 11.3. The summed E-state index contributed by atoms with van der Waals surface area (Å²) < 4.78 is 50.4. The Hall–Kier alpha value is -3.93. The van der Waals surface area contributed by atoms with E-state index in [0.717, 1.165) is 17.7 Å². The molecule has 2 aromatic carbocycles. The number of ether oxygens (including phenoxy) is 2. The average Bonchev–Trinajstić information content (AvgIpc) is 3.39. The molecule has 2 heterocycles. The topological polar surface area (TPSA) is 108 Å². The van der Waals surface area contributed by atoms with Crippen molar-refractivity contribution in [3.63, 3.8) is 0 Å². The Morgan fingerprint density at radius 1 is 1.03 bits per heavy atom. The van der Waals surface area contributed by atoms with Gasteiger partial charge in [0, 0.05) is 0 Å². The lowest BCUT2D eigenvalue weighted by molar-refractivity contribution is -0.137. The van der Waals surface area contributed by atoms with E-state index in [-0.39, 0.29) is 28.7 Å². The predicted molar refractivity (Wildman–Crippen MR) is 113 cm³/mol. The third-order valence-electron chi connectivity index (χ3n) is 4.57. The number of fused-ring (bicyclic) bond motifs is 1. The molecular weight excluding hydrogens is 455 g/mol. The van der Waals surface area contributed by atoms with Gasteiger partial charge in [-0.3, -0.25) is 0 Å². The third-order valence-corrected chi connectivity index (χ3v) is 5.48. The minimum atomic E-state index is -4.42. The van der Waals surface area contributed by atoms with E-state index >= 15 is 0 Å². The van der Waals surface area contributed by atoms with E-state index in [0.29, 0.717) is 29.3 Å². The summed E-state index contributed by atoms with van der Waals surface area (Å²) in [5.41, 5.74) is 0.623. The fraction of sp³-hybridized carbons (Fsp3) is 0.182. The average molecular weight is 469 g/mol. The molecule has 4 rings (SSSR count). The number of hydrogen-bond donors (Lipinski definition) is 1. The molecule has 4 aromatic rings. The third kappa shape index (κ3) is 5.29. The zero-order valence-corrected chi connectivity index (χ0v) is 17.6. The second-order valence-corrected chi connectivity index (χ2v) is 7.83. The molecule has 0 saturated carbocycles. The van der Waals surface area contributed by atoms with Crippen molar-refractivity contribution in [1.82, 2.24) is 15.0 Å². The molecule has 0 saturated heterocycles. The van der Waals surface area contributed by atoms with Crippen LogP contribution in [-0.4, -0.2) is 21.6 Å². The second kappa shape index (κ2) is 9.28. The fourth-order valence-corrected chi connectivity index (χ4v) is 3.78. The van der Waals surface area contributed by atoms with Crippen LogP contribution < -0.4 is 4.74 Å². The van der Waals surface area contributed by atoms with Crippen molar-refractivity contribution in [2.45, 2.75) is 19.2 Å². The lowest BCUT2D eigenvalue weighted by Gasteiger charge is -2.05. The highest BCUT2D eigenvalue weighted by Gasteiger charge is 2.30. The summed E-state index contributed by atoms with van der Waals surface area (Å²) in [5, 5.41) is 18.1. The van der Waals surface area contributed by atoms with Gasteiger partial charge in [-0.25, -0.2) is 9.97 Å². The summed E-state index contributed by atoms with van der Waals surface area (Å²) >= 11 is 1.17. The van der Waals surface area contributed by atoms with Gasteiger partial charge < -0.3 is 14.5 Å². The quantitative estimate of drug-likeness (QED) is 0.367. The summed E-state index contributed by atoms with van der Waals surface area (Å²) in [6.07, 6.45) is -3.81. The summed E-state index contributed by atoms with van der Waals surface area (Å²) in [5.74, 6) is 0.920. The molecule has 0 bridgehead atoms. The number of imidazole rings is 1. The molecule has 2 aromatic heterocycles. The van der Waals surface area contributed by atoms with Gasteiger partial charge in [0.25, 0.3) is 5.19 Å². The van der Waals surface area contributed by atoms with Gasteiger partial charge in [-0.15, -0.1) is 0 Å². The van der Waals surface area contributed by atoms with Crippen molar-refractivity contribution in [3.8, 4) is 23.1 Å². The minimum Gasteiger partial charge on any atom is -0.431 e. The summed E-state index contributed by atoms with van der Waals surface area (Å²) in [6, 6.07) is 14.3. The maximum atomic E-state index is 12.9. The molecule has 0 spiro atoms. The smallest absolute Gasteiger partial charge is 0.416 e. The van der Waals surface area contributed by atoms with E-state index in [9.17, 15) is 13.2 Å². The second-order valence-electron chi connectivity index (χ2n) is 6.84. The van der Waals surface area contributed by atoms with Crippen LogP contribution in [0.2, 0.25) is 0 Å². The molecule has 0 amide bonds. The molecule has 7 nitrogen and oxygen atoms in total. The van der Waals surface area contributed by atoms with E-state index in [1.807, 2.05) is 24.3 Å². The number of rotatable bonds is 7. The van der Waals surface area contributed by atoms with Crippen LogP contribution in [0.5, 0.6) is 10.9 Å². The van der Waals surface area contributed by atoms with Crippen LogP contribution in [-0.2, 0) is 23.9 Å². The summed E-state index contributed by atoms with van der Waals surface area (Å²) in [6.45, 7) is 0.537. The molecule has 0 fully saturated rings. The van der Waals surface area contributed by atoms with Crippen molar-refractivity contribution in [2.75, 3.05) is 6.61 Å². The molecule has 0 atom stereocenters. The van der Waals surface area contributed by atoms with Crippen molar-refractivity contribution in [1.29, 1.82) is 10.5 Å². The Morgan fingerprint density at radius 3 is 2.48 bits per heavy atom. The number of H-pyrrole nitrogens is 1. The number of halogens is 3. The summed E-state index contributed by atoms with van der Waals surface area (Å²) in [7, 11) is 0. The van der Waals surface area contributed by atoms with Gasteiger partial charge >= 0.3 is 6.18 Å². The van der Waals surface area contributed by atoms with Gasteiger partial charge in [0.05, 0.1) is 22.4 Å². The number of nitrogens with one attached hydrogen (secondary N) is 1. The number of aromatic amines is 1. The Balaban J connectivity index is 1.31. The first-order valence-electron chi connectivity index (χ1n) is 9.57. The number of hydrogen-bond acceptors (Lipinski definition) is 7. The van der Waals surface area contributed by atoms with Gasteiger partial charge in [0.15, 0.2) is 11.4 Å². The van der Waals surface area contributed by atoms with Gasteiger partial charge in [-0.2, -0.15) is 23.7 Å². The standard InChI is InChI=1S/C22H14F3N5O2S/c23-22(24,25)14-3-6-19-16(9-14)30-21(33-19)32-15-4-1-13(2-5-15)7-8-31-12-20-28-17(10-26)18(11-27)29-20/h1-6,9H,7-8,12H2,(H,28,29). The van der Waals surface area contributed by atoms with Crippen molar-refractivity contribution < 1.29 is 22.6 Å². The molecule has 0 unspecified atom stereocenters. The molecule has 0 aliphatic rings. The summed E-state index contributed by atoms with van der Waals surface area (Å²) in [4.78, 5) is 10.9. The zero-order valence-electron chi connectivity index (χ0n) is 16.8. The van der Waals surface area contributed by atoms with Crippen LogP contribution in [0, 0.1) is 22.7 Å². The van der Waals surface area contributed by atoms with Crippen LogP contribution in [0.1, 0.15) is 28.3 Å². The maximum Gasteiger partial charge on any atom is 0.416 e. The number of benzene rings is 2. The largest absolute Gasteiger partial charge is 0.431 e. The van der Waals surface area contributed by atoms with Gasteiger partial charge in [-0.1, -0.05) is 23.5 Å². The molecule has 1 N–H and O–H groups in total. The molecule has 11 heteroatoms. The van der Waals surface area contributed by atoms with Crippen molar-refractivity contribution >= 4 is 21.6 Å². The van der Waals surface area contributed by atoms with E-state index < -0.39 is 11.7 Å². The number of nitrogens with zero attached hydrogens (tertiary/aromatic N) is 4. The number of alkyl halides is 3. The Morgan fingerprint density at radius 2 is 1.82 bits per heavy atom. The number of aromatic nitrogens is 3. The lowest BCUT2D eigenvalue weighted by atomic mass is 10.1. The van der Waals surface area contributed by atoms with Crippen LogP contribution in [0.25, 0.3) is 10.2 Å². The number of nitriles is 2. The van der Waals surface area contributed by atoms with Gasteiger partial charge in [0.2, 0.25) is 0 Å². The first-order chi connectivity index (χ1) is 15.9. The zero-order chi connectivity index (χ0) is 23.4. The predicted octanol–water partition coefficient (Wildman–Crippen LogP) is 5.33. The van der Waals surface area contributed by atoms with Crippen LogP contribution in [0.15, 0.2) is 42.5 Å². The van der Waals surface area contributed by atoms with Crippen LogP contribution >= 0.6 is 11.3 Å². The highest BCUT2D eigenvalue weighted by Crippen LogP contribution is 2.36. The molecular formula is C22H14F3N5O2S. The Labute approximate surface area is 189 Å². The molecule has 0 aliphatic heterocycles. The van der Waals surface area contributed by atoms with Crippen molar-refractivity contribution in [2.24, 2.45) is 0 Å². The SMILES string of the molecule is N#Cc1nc(COCCc2ccc(Oc3nc4cc(C(F)(F)F)ccc4s3)cc2)[nH]c1C#N. The molecule has 166 valence electrons. The monoisotopic (exact) mass is 469 g/mol. The van der Waals surface area contributed by atoms with Crippen LogP contribution in [0.4, 0.5) is 13.2 Å². The molecule has 0 radical (unpaired) electrons. The first-order valence-corrected chi connectivity index (χ1v) is 10.4. The van der Waals surface area contributed by atoms with Gasteiger partial charge in [-0.05, 0) is 42.3 Å². The van der Waals surface area contributed by atoms with Gasteiger partial charge in [0.1, 0.15) is 30.3 Å². The van der Waals surface area contributed by atoms with E-state index in [4.69, 9.17) is 20.0 Å². The van der Waals surface area contributed by atoms with E-state index in [1.165, 1.54) is 17.4 Å². The minimum absolute atomic E-state index is 0.0422. The molecule has 33 heavy (non-hydrogen) atoms. The Bertz CT molecular complexity index is 1330. The van der Waals surface area contributed by atoms with E-state index in [1.54, 1.807) is 12.1 Å². The van der Waals surface area contributed by atoms with Crippen LogP contribution in [0.3, 0.4) is 0 Å². The first kappa shape index (κ1) is 22.3. The maximum absolute atomic E-state index is 12.9. The molecule has 0 aliphatic carbocycles. The number of thiazole rings is 1. The van der Waals surface area contributed by atoms with Crippen molar-refractivity contribution in [3.05, 3.63) is 70.8 Å². The van der Waals surface area contributed by atoms with E-state index in [2.05, 4.69) is 15.0 Å². The highest BCUT2D eigenvalue weighted by atomic mass is 32.1. The fourth-order valence-electron chi connectivity index (χ4n) is 2.96.